The van der Waals surface area contributed by atoms with Gasteiger partial charge in [-0.05, 0) is 63.5 Å². The molecule has 3 amide bonds. The Balaban J connectivity index is 1.17. The van der Waals surface area contributed by atoms with Gasteiger partial charge in [0.05, 0.1) is 28.7 Å². The fraction of sp³-hybridized carbons (Fsp3) is 0.556. The highest BCUT2D eigenvalue weighted by Gasteiger charge is 2.62. The number of pyridine rings is 1. The van der Waals surface area contributed by atoms with Crippen LogP contribution in [0.5, 0.6) is 5.75 Å². The molecule has 2 aliphatic heterocycles. The molecule has 0 spiro atoms. The van der Waals surface area contributed by atoms with E-state index in [-0.39, 0.29) is 30.9 Å². The summed E-state index contributed by atoms with van der Waals surface area (Å²) in [7, 11) is 3.24. The van der Waals surface area contributed by atoms with E-state index >= 15 is 0 Å². The van der Waals surface area contributed by atoms with Crippen molar-refractivity contribution in [2.45, 2.75) is 100 Å². The number of hydrogen-bond donors (Lipinski definition) is 2. The predicted molar refractivity (Wildman–Crippen MR) is 185 cm³/mol. The largest absolute Gasteiger partial charge is 0.487 e. The molecule has 13 nitrogen and oxygen atoms in total. The minimum Gasteiger partial charge on any atom is -0.487 e. The molecule has 3 fully saturated rings. The molecule has 2 aliphatic carbocycles. The molecule has 1 saturated heterocycles. The molecule has 5 heterocycles. The zero-order valence-electron chi connectivity index (χ0n) is 28.5. The zero-order valence-corrected chi connectivity index (χ0v) is 29.3. The number of carbonyl (C=O) groups is 4. The molecule has 50 heavy (non-hydrogen) atoms. The lowest BCUT2D eigenvalue weighted by Crippen LogP contribution is -2.56. The maximum Gasteiger partial charge on any atom is 0.408 e. The Kier molecular flexibility index (Phi) is 9.80. The maximum absolute atomic E-state index is 14.4. The number of thiophene rings is 1. The quantitative estimate of drug-likeness (QED) is 0.276. The van der Waals surface area contributed by atoms with E-state index in [9.17, 15) is 19.2 Å². The minimum atomic E-state index is -1.19. The lowest BCUT2D eigenvalue weighted by Gasteiger charge is -2.29. The van der Waals surface area contributed by atoms with E-state index in [4.69, 9.17) is 14.2 Å². The highest BCUT2D eigenvalue weighted by atomic mass is 32.1. The van der Waals surface area contributed by atoms with Crippen LogP contribution in [0, 0.1) is 5.92 Å². The first-order valence-corrected chi connectivity index (χ1v) is 18.4. The number of esters is 1. The zero-order chi connectivity index (χ0) is 34.8. The summed E-state index contributed by atoms with van der Waals surface area (Å²) in [6.07, 6.45) is 15.9. The van der Waals surface area contributed by atoms with Crippen molar-refractivity contribution in [3.8, 4) is 16.5 Å². The van der Waals surface area contributed by atoms with E-state index in [0.717, 1.165) is 65.9 Å². The van der Waals surface area contributed by atoms with Crippen LogP contribution in [-0.4, -0.2) is 86.8 Å². The molecule has 14 heteroatoms. The summed E-state index contributed by atoms with van der Waals surface area (Å²) in [5, 5.41) is 5.83. The van der Waals surface area contributed by atoms with Gasteiger partial charge in [0.2, 0.25) is 11.8 Å². The van der Waals surface area contributed by atoms with Crippen molar-refractivity contribution < 1.29 is 33.4 Å². The summed E-state index contributed by atoms with van der Waals surface area (Å²) in [5.74, 6) is -0.137. The van der Waals surface area contributed by atoms with Gasteiger partial charge in [0.15, 0.2) is 0 Å². The third kappa shape index (κ3) is 6.94. The Bertz CT molecular complexity index is 1780. The molecular formula is C36H44N6O7S. The van der Waals surface area contributed by atoms with Gasteiger partial charge in [0.1, 0.15) is 41.4 Å². The fourth-order valence-corrected chi connectivity index (χ4v) is 8.66. The van der Waals surface area contributed by atoms with E-state index < -0.39 is 41.7 Å². The van der Waals surface area contributed by atoms with Gasteiger partial charge < -0.3 is 34.3 Å². The molecule has 266 valence electrons. The summed E-state index contributed by atoms with van der Waals surface area (Å²) in [4.78, 5) is 66.1. The number of carbonyl (C=O) groups excluding carboxylic acids is 4. The van der Waals surface area contributed by atoms with E-state index in [1.807, 2.05) is 36.0 Å². The number of amides is 3. The Morgan fingerprint density at radius 1 is 1.06 bits per heavy atom. The standard InChI is InChI=1S/C36H44N6O7S/c1-41-17-16-38-31(41)29-19-26-30(50-29)28(14-15-37-26)48-24-18-27-32(43)40-36(34(45)47-2)20-22(36)10-6-4-3-5-7-13-25(33(44)42(27)21-24)39-35(46)49-23-11-8-9-12-23/h6,10,14-17,19,22-25,27H,3-5,7-9,11-13,18,20-21H2,1-2H3,(H,39,46)(H,40,43)/b10-6-/t22-,24+,25-,27-,36+/m0/s1. The number of alkyl carbamates (subject to hydrolysis) is 1. The number of nitrogens with one attached hydrogen (secondary N) is 2. The number of aromatic nitrogens is 3. The maximum atomic E-state index is 14.4. The SMILES string of the molecule is COC(=O)[C@@]12C[C@@H]1/C=C\CCCCC[C@H](NC(=O)OC1CCCC1)C(=O)N1C[C@H](Oc3ccnc4cc(-c5nccn5C)sc34)C[C@H]1C(=O)N2. The molecule has 2 N–H and O–H groups in total. The lowest BCUT2D eigenvalue weighted by atomic mass is 10.0. The fourth-order valence-electron chi connectivity index (χ4n) is 7.55. The summed E-state index contributed by atoms with van der Waals surface area (Å²) >= 11 is 1.51. The van der Waals surface area contributed by atoms with Crippen molar-refractivity contribution in [2.24, 2.45) is 13.0 Å². The van der Waals surface area contributed by atoms with Gasteiger partial charge >= 0.3 is 12.1 Å². The Morgan fingerprint density at radius 3 is 2.66 bits per heavy atom. The van der Waals surface area contributed by atoms with Crippen molar-refractivity contribution in [3.05, 3.63) is 42.9 Å². The first-order chi connectivity index (χ1) is 24.3. The Morgan fingerprint density at radius 2 is 1.88 bits per heavy atom. The van der Waals surface area contributed by atoms with E-state index in [2.05, 4.69) is 20.6 Å². The molecule has 0 aromatic carbocycles. The monoisotopic (exact) mass is 704 g/mol. The number of fused-ring (bicyclic) bond motifs is 3. The third-order valence-electron chi connectivity index (χ3n) is 10.4. The van der Waals surface area contributed by atoms with Crippen LogP contribution in [0.1, 0.15) is 70.6 Å². The molecular weight excluding hydrogens is 660 g/mol. The molecule has 2 saturated carbocycles. The van der Waals surface area contributed by atoms with Crippen LogP contribution in [0.15, 0.2) is 42.9 Å². The average Bonchev–Trinajstić information content (AvgIpc) is 3.69. The summed E-state index contributed by atoms with van der Waals surface area (Å²) in [6.45, 7) is 0.114. The first-order valence-electron chi connectivity index (χ1n) is 17.6. The molecule has 4 aliphatic rings. The molecule has 5 atom stereocenters. The predicted octanol–water partition coefficient (Wildman–Crippen LogP) is 4.65. The second-order valence-corrected chi connectivity index (χ2v) is 14.9. The average molecular weight is 705 g/mol. The van der Waals surface area contributed by atoms with Crippen molar-refractivity contribution in [1.82, 2.24) is 30.1 Å². The van der Waals surface area contributed by atoms with Crippen LogP contribution in [0.4, 0.5) is 4.79 Å². The Labute approximate surface area is 294 Å². The van der Waals surface area contributed by atoms with Crippen LogP contribution >= 0.6 is 11.3 Å². The van der Waals surface area contributed by atoms with Crippen molar-refractivity contribution in [2.75, 3.05) is 13.7 Å². The van der Waals surface area contributed by atoms with Crippen LogP contribution < -0.4 is 15.4 Å². The van der Waals surface area contributed by atoms with Crippen LogP contribution in [0.3, 0.4) is 0 Å². The number of imidazole rings is 1. The van der Waals surface area contributed by atoms with E-state index in [1.54, 1.807) is 18.5 Å². The van der Waals surface area contributed by atoms with Crippen molar-refractivity contribution >= 4 is 45.4 Å². The first kappa shape index (κ1) is 34.0. The van der Waals surface area contributed by atoms with Gasteiger partial charge in [-0.15, -0.1) is 11.3 Å². The number of hydrogen-bond acceptors (Lipinski definition) is 10. The Hall–Kier alpha value is -4.46. The normalized spacial score (nSPS) is 28.2. The number of allylic oxidation sites excluding steroid dienone is 1. The summed E-state index contributed by atoms with van der Waals surface area (Å²) < 4.78 is 20.2. The summed E-state index contributed by atoms with van der Waals surface area (Å²) in [6, 6.07) is 1.93. The van der Waals surface area contributed by atoms with E-state index in [1.165, 1.54) is 23.3 Å². The highest BCUT2D eigenvalue weighted by molar-refractivity contribution is 7.22. The van der Waals surface area contributed by atoms with Gasteiger partial charge in [-0.3, -0.25) is 14.6 Å². The molecule has 0 bridgehead atoms. The molecule has 3 aromatic heterocycles. The number of rotatable bonds is 6. The number of aryl methyl sites for hydroxylation is 1. The molecule has 0 unspecified atom stereocenters. The molecule has 3 aromatic rings. The number of nitrogens with zero attached hydrogens (tertiary/aromatic N) is 4. The van der Waals surface area contributed by atoms with Crippen molar-refractivity contribution in [3.63, 3.8) is 0 Å². The van der Waals surface area contributed by atoms with Crippen molar-refractivity contribution in [1.29, 1.82) is 0 Å². The highest BCUT2D eigenvalue weighted by Crippen LogP contribution is 2.46. The van der Waals surface area contributed by atoms with E-state index in [0.29, 0.717) is 25.0 Å². The molecule has 0 radical (unpaired) electrons. The smallest absolute Gasteiger partial charge is 0.408 e. The second kappa shape index (κ2) is 14.4. The topological polar surface area (TPSA) is 154 Å². The third-order valence-corrected chi connectivity index (χ3v) is 11.5. The van der Waals surface area contributed by atoms with Crippen LogP contribution in [0.25, 0.3) is 20.9 Å². The number of methoxy groups -OCH3 is 1. The minimum absolute atomic E-state index is 0.114. The van der Waals surface area contributed by atoms with Gasteiger partial charge in [-0.25, -0.2) is 14.6 Å². The molecule has 7 rings (SSSR count). The van der Waals surface area contributed by atoms with Crippen LogP contribution in [-0.2, 0) is 30.9 Å². The van der Waals surface area contributed by atoms with Gasteiger partial charge in [-0.1, -0.05) is 25.0 Å². The lowest BCUT2D eigenvalue weighted by molar-refractivity contribution is -0.148. The van der Waals surface area contributed by atoms with Crippen LogP contribution in [0.2, 0.25) is 0 Å². The van der Waals surface area contributed by atoms with Gasteiger partial charge in [-0.2, -0.15) is 0 Å². The van der Waals surface area contributed by atoms with Gasteiger partial charge in [0.25, 0.3) is 0 Å². The number of ether oxygens (including phenoxy) is 3. The van der Waals surface area contributed by atoms with Gasteiger partial charge in [0, 0.05) is 38.0 Å². The second-order valence-electron chi connectivity index (χ2n) is 13.8. The summed E-state index contributed by atoms with van der Waals surface area (Å²) in [5.41, 5.74) is -0.431.